The van der Waals surface area contributed by atoms with E-state index in [-0.39, 0.29) is 0 Å². The van der Waals surface area contributed by atoms with Crippen molar-refractivity contribution in [2.24, 2.45) is 5.41 Å². The van der Waals surface area contributed by atoms with Crippen molar-refractivity contribution in [3.63, 3.8) is 0 Å². The summed E-state index contributed by atoms with van der Waals surface area (Å²) in [5, 5.41) is 3.30. The van der Waals surface area contributed by atoms with Crippen molar-refractivity contribution in [1.29, 1.82) is 0 Å². The number of nitrogens with one attached hydrogen (secondary N) is 1. The minimum absolute atomic E-state index is 0.512. The molecule has 64 valence electrons. The Morgan fingerprint density at radius 3 is 2.64 bits per heavy atom. The van der Waals surface area contributed by atoms with Gasteiger partial charge in [-0.05, 0) is 7.05 Å². The van der Waals surface area contributed by atoms with Gasteiger partial charge in [0.2, 0.25) is 0 Å². The predicted molar refractivity (Wildman–Crippen MR) is 48.7 cm³/mol. The Kier molecular flexibility index (Phi) is 2.68. The normalized spacial score (nSPS) is 21.4. The van der Waals surface area contributed by atoms with Gasteiger partial charge >= 0.3 is 0 Å². The Bertz CT molecular complexity index is 138. The molecule has 1 fully saturated rings. The molecular weight excluding hydrogens is 136 g/mol. The third-order valence-corrected chi connectivity index (χ3v) is 2.20. The molecule has 0 aromatic rings. The fourth-order valence-electron chi connectivity index (χ4n) is 1.60. The van der Waals surface area contributed by atoms with E-state index >= 15 is 0 Å². The molecule has 0 saturated carbocycles. The van der Waals surface area contributed by atoms with Gasteiger partial charge in [0.25, 0.3) is 0 Å². The van der Waals surface area contributed by atoms with Crippen LogP contribution in [0.5, 0.6) is 0 Å². The van der Waals surface area contributed by atoms with Crippen molar-refractivity contribution in [2.75, 3.05) is 33.2 Å². The molecule has 0 amide bonds. The highest BCUT2D eigenvalue weighted by molar-refractivity contribution is 4.91. The Labute approximate surface area is 69.3 Å². The van der Waals surface area contributed by atoms with Crippen LogP contribution in [0.3, 0.4) is 0 Å². The quantitative estimate of drug-likeness (QED) is 0.600. The molecule has 1 N–H and O–H groups in total. The summed E-state index contributed by atoms with van der Waals surface area (Å²) in [6.45, 7) is 10.5. The molecule has 1 aliphatic rings. The van der Waals surface area contributed by atoms with Gasteiger partial charge in [0.15, 0.2) is 0 Å². The highest BCUT2D eigenvalue weighted by Gasteiger charge is 2.32. The van der Waals surface area contributed by atoms with Crippen LogP contribution >= 0.6 is 0 Å². The van der Waals surface area contributed by atoms with Crippen molar-refractivity contribution < 1.29 is 0 Å². The molecule has 1 heterocycles. The summed E-state index contributed by atoms with van der Waals surface area (Å²) in [6, 6.07) is 0. The molecule has 0 radical (unpaired) electrons. The Morgan fingerprint density at radius 1 is 1.64 bits per heavy atom. The van der Waals surface area contributed by atoms with E-state index in [0.717, 1.165) is 19.6 Å². The first-order chi connectivity index (χ1) is 5.16. The van der Waals surface area contributed by atoms with Crippen molar-refractivity contribution in [3.8, 4) is 0 Å². The third-order valence-electron chi connectivity index (χ3n) is 2.20. The van der Waals surface area contributed by atoms with E-state index in [2.05, 4.69) is 30.8 Å². The fourth-order valence-corrected chi connectivity index (χ4v) is 1.60. The zero-order valence-corrected chi connectivity index (χ0v) is 7.56. The largest absolute Gasteiger partial charge is 0.315 e. The van der Waals surface area contributed by atoms with Crippen LogP contribution < -0.4 is 5.32 Å². The van der Waals surface area contributed by atoms with Gasteiger partial charge in [-0.15, -0.1) is 6.58 Å². The Morgan fingerprint density at radius 2 is 2.27 bits per heavy atom. The topological polar surface area (TPSA) is 15.3 Å². The molecule has 11 heavy (non-hydrogen) atoms. The van der Waals surface area contributed by atoms with E-state index in [1.807, 2.05) is 6.08 Å². The van der Waals surface area contributed by atoms with Crippen LogP contribution in [0.2, 0.25) is 0 Å². The summed E-state index contributed by atoms with van der Waals surface area (Å²) in [4.78, 5) is 2.31. The minimum atomic E-state index is 0.512. The number of hydrogen-bond donors (Lipinski definition) is 1. The number of hydrogen-bond acceptors (Lipinski definition) is 2. The maximum atomic E-state index is 3.72. The molecule has 0 aromatic heterocycles. The van der Waals surface area contributed by atoms with Crippen molar-refractivity contribution in [3.05, 3.63) is 12.7 Å². The SMILES string of the molecule is C=CCN(C)CC1(C)CNC1. The molecule has 0 aliphatic carbocycles. The monoisotopic (exact) mass is 154 g/mol. The molecule has 0 unspecified atom stereocenters. The van der Waals surface area contributed by atoms with Crippen LogP contribution in [-0.2, 0) is 0 Å². The number of nitrogens with zero attached hydrogens (tertiary/aromatic N) is 1. The lowest BCUT2D eigenvalue weighted by molar-refractivity contribution is 0.132. The second-order valence-corrected chi connectivity index (χ2v) is 3.90. The van der Waals surface area contributed by atoms with Crippen LogP contribution in [0, 0.1) is 5.41 Å². The van der Waals surface area contributed by atoms with Gasteiger partial charge < -0.3 is 10.2 Å². The molecule has 0 aromatic carbocycles. The Hall–Kier alpha value is -0.340. The van der Waals surface area contributed by atoms with Crippen molar-refractivity contribution in [2.45, 2.75) is 6.92 Å². The lowest BCUT2D eigenvalue weighted by Crippen LogP contribution is -2.56. The number of likely N-dealkylation sites (N-methyl/N-ethyl adjacent to an activating group) is 1. The fraction of sp³-hybridized carbons (Fsp3) is 0.778. The minimum Gasteiger partial charge on any atom is -0.315 e. The van der Waals surface area contributed by atoms with Gasteiger partial charge in [-0.2, -0.15) is 0 Å². The standard InChI is InChI=1S/C9H18N2/c1-4-5-11(3)8-9(2)6-10-7-9/h4,10H,1,5-8H2,2-3H3. The van der Waals surface area contributed by atoms with Crippen molar-refractivity contribution in [1.82, 2.24) is 10.2 Å². The molecular formula is C9H18N2. The van der Waals surface area contributed by atoms with Crippen LogP contribution in [0.15, 0.2) is 12.7 Å². The highest BCUT2D eigenvalue weighted by Crippen LogP contribution is 2.21. The van der Waals surface area contributed by atoms with Gasteiger partial charge in [-0.3, -0.25) is 0 Å². The number of rotatable bonds is 4. The Balaban J connectivity index is 2.23. The van der Waals surface area contributed by atoms with Crippen LogP contribution in [0.1, 0.15) is 6.92 Å². The molecule has 0 spiro atoms. The average Bonchev–Trinajstić information content (AvgIpc) is 1.85. The summed E-state index contributed by atoms with van der Waals surface area (Å²) < 4.78 is 0. The van der Waals surface area contributed by atoms with Crippen LogP contribution in [0.25, 0.3) is 0 Å². The molecule has 1 aliphatic heterocycles. The third kappa shape index (κ3) is 2.31. The summed E-state index contributed by atoms with van der Waals surface area (Å²) >= 11 is 0. The second kappa shape index (κ2) is 3.37. The highest BCUT2D eigenvalue weighted by atomic mass is 15.1. The molecule has 2 nitrogen and oxygen atoms in total. The summed E-state index contributed by atoms with van der Waals surface area (Å²) in [5.74, 6) is 0. The van der Waals surface area contributed by atoms with Gasteiger partial charge in [0.1, 0.15) is 0 Å². The van der Waals surface area contributed by atoms with E-state index in [1.54, 1.807) is 0 Å². The van der Waals surface area contributed by atoms with Crippen LogP contribution in [-0.4, -0.2) is 38.1 Å². The first-order valence-electron chi connectivity index (χ1n) is 4.16. The van der Waals surface area contributed by atoms with E-state index in [1.165, 1.54) is 6.54 Å². The first-order valence-corrected chi connectivity index (χ1v) is 4.16. The van der Waals surface area contributed by atoms with E-state index < -0.39 is 0 Å². The van der Waals surface area contributed by atoms with E-state index in [9.17, 15) is 0 Å². The van der Waals surface area contributed by atoms with Gasteiger partial charge in [-0.1, -0.05) is 13.0 Å². The lowest BCUT2D eigenvalue weighted by atomic mass is 9.84. The van der Waals surface area contributed by atoms with Gasteiger partial charge in [0.05, 0.1) is 0 Å². The maximum absolute atomic E-state index is 3.72. The predicted octanol–water partition coefficient (Wildman–Crippen LogP) is 0.714. The van der Waals surface area contributed by atoms with Crippen molar-refractivity contribution >= 4 is 0 Å². The second-order valence-electron chi connectivity index (χ2n) is 3.90. The smallest absolute Gasteiger partial charge is 0.0157 e. The van der Waals surface area contributed by atoms with Crippen LogP contribution in [0.4, 0.5) is 0 Å². The summed E-state index contributed by atoms with van der Waals surface area (Å²) in [5.41, 5.74) is 0.512. The molecule has 0 atom stereocenters. The maximum Gasteiger partial charge on any atom is 0.0157 e. The average molecular weight is 154 g/mol. The first kappa shape index (κ1) is 8.75. The summed E-state index contributed by atoms with van der Waals surface area (Å²) in [6.07, 6.45) is 1.95. The zero-order chi connectivity index (χ0) is 8.32. The lowest BCUT2D eigenvalue weighted by Gasteiger charge is -2.41. The molecule has 2 heteroatoms. The molecule has 0 bridgehead atoms. The van der Waals surface area contributed by atoms with Gasteiger partial charge in [0, 0.05) is 31.6 Å². The van der Waals surface area contributed by atoms with E-state index in [0.29, 0.717) is 5.41 Å². The molecule has 1 rings (SSSR count). The molecule has 1 saturated heterocycles. The van der Waals surface area contributed by atoms with Gasteiger partial charge in [-0.25, -0.2) is 0 Å². The van der Waals surface area contributed by atoms with E-state index in [4.69, 9.17) is 0 Å². The summed E-state index contributed by atoms with van der Waals surface area (Å²) in [7, 11) is 2.14. The zero-order valence-electron chi connectivity index (χ0n) is 7.56.